The van der Waals surface area contributed by atoms with Crippen molar-refractivity contribution >= 4 is 33.6 Å². The number of benzene rings is 6. The van der Waals surface area contributed by atoms with Crippen molar-refractivity contribution in [2.24, 2.45) is 0 Å². The summed E-state index contributed by atoms with van der Waals surface area (Å²) in [5.74, 6) is -0.219. The minimum atomic E-state index is -0.506. The molecule has 3 heterocycles. The normalized spacial score (nSPS) is 16.6. The number of para-hydroxylation sites is 3. The van der Waals surface area contributed by atoms with Crippen molar-refractivity contribution in [1.82, 2.24) is 4.57 Å². The largest absolute Gasteiger partial charge is 0.309 e. The first kappa shape index (κ1) is 22.2. The van der Waals surface area contributed by atoms with Gasteiger partial charge in [0.1, 0.15) is 5.82 Å². The third-order valence-corrected chi connectivity index (χ3v) is 9.94. The molecule has 0 amide bonds. The molecule has 1 spiro atoms. The van der Waals surface area contributed by atoms with Gasteiger partial charge >= 0.3 is 0 Å². The van der Waals surface area contributed by atoms with Crippen LogP contribution in [-0.4, -0.2) is 4.57 Å². The highest BCUT2D eigenvalue weighted by Gasteiger charge is 2.49. The van der Waals surface area contributed by atoms with Gasteiger partial charge in [-0.3, -0.25) is 0 Å². The number of halogens is 1. The van der Waals surface area contributed by atoms with Crippen LogP contribution in [0.1, 0.15) is 22.3 Å². The molecule has 0 bridgehead atoms. The summed E-state index contributed by atoms with van der Waals surface area (Å²) in [6, 6.07) is 46.9. The third kappa shape index (κ3) is 2.68. The Morgan fingerprint density at radius 2 is 1.23 bits per heavy atom. The molecule has 0 saturated carbocycles. The maximum absolute atomic E-state index is 13.9. The summed E-state index contributed by atoms with van der Waals surface area (Å²) in [5, 5.41) is 2.54. The molecule has 6 aromatic carbocycles. The molecule has 1 nitrogen and oxygen atoms in total. The number of hydrogen-bond acceptors (Lipinski definition) is 1. The molecule has 1 aromatic heterocycles. The van der Waals surface area contributed by atoms with Gasteiger partial charge < -0.3 is 4.57 Å². The molecule has 7 aromatic rings. The number of nitrogens with zero attached hydrogens (tertiary/aromatic N) is 1. The Morgan fingerprint density at radius 1 is 0.550 bits per heavy atom. The molecule has 0 saturated heterocycles. The lowest BCUT2D eigenvalue weighted by Crippen LogP contribution is -2.37. The van der Waals surface area contributed by atoms with Gasteiger partial charge in [0.05, 0.1) is 22.1 Å². The Kier molecular flexibility index (Phi) is 4.43. The van der Waals surface area contributed by atoms with E-state index in [1.807, 2.05) is 23.9 Å². The number of fused-ring (bicyclic) bond motifs is 11. The van der Waals surface area contributed by atoms with Gasteiger partial charge in [0.25, 0.3) is 0 Å². The van der Waals surface area contributed by atoms with Gasteiger partial charge in [0.2, 0.25) is 0 Å². The fourth-order valence-corrected chi connectivity index (χ4v) is 8.53. The smallest absolute Gasteiger partial charge is 0.123 e. The molecule has 188 valence electrons. The van der Waals surface area contributed by atoms with Crippen LogP contribution in [0, 0.1) is 5.82 Å². The minimum absolute atomic E-state index is 0.219. The summed E-state index contributed by atoms with van der Waals surface area (Å²) >= 11 is 1.83. The third-order valence-electron chi connectivity index (χ3n) is 8.73. The van der Waals surface area contributed by atoms with Gasteiger partial charge in [0.15, 0.2) is 0 Å². The van der Waals surface area contributed by atoms with Crippen LogP contribution in [0.4, 0.5) is 4.39 Å². The van der Waals surface area contributed by atoms with Crippen LogP contribution in [-0.2, 0) is 5.41 Å². The first-order valence-electron chi connectivity index (χ1n) is 13.6. The average Bonchev–Trinajstić information content (AvgIpc) is 3.35. The summed E-state index contributed by atoms with van der Waals surface area (Å²) in [4.78, 5) is 2.48. The van der Waals surface area contributed by atoms with Crippen molar-refractivity contribution in [2.45, 2.75) is 15.2 Å². The standard InChI is InChI=1S/C37H22FNS/c38-24-21-19-23(20-22-24)25-10-7-15-31-36(25)40-34-18-6-3-13-29(34)37(31)28-12-2-5-17-33(28)39-32-16-4-1-9-26(32)27-11-8-14-30(37)35(27)39/h1-22H. The van der Waals surface area contributed by atoms with E-state index in [0.717, 1.165) is 11.1 Å². The van der Waals surface area contributed by atoms with Gasteiger partial charge in [-0.25, -0.2) is 4.39 Å². The van der Waals surface area contributed by atoms with Crippen LogP contribution in [0.3, 0.4) is 0 Å². The quantitative estimate of drug-likeness (QED) is 0.204. The molecule has 1 atom stereocenters. The maximum Gasteiger partial charge on any atom is 0.123 e. The molecule has 0 fully saturated rings. The van der Waals surface area contributed by atoms with Crippen LogP contribution >= 0.6 is 11.8 Å². The van der Waals surface area contributed by atoms with Gasteiger partial charge in [-0.1, -0.05) is 115 Å². The molecule has 40 heavy (non-hydrogen) atoms. The van der Waals surface area contributed by atoms with Crippen molar-refractivity contribution in [2.75, 3.05) is 0 Å². The number of aromatic nitrogens is 1. The van der Waals surface area contributed by atoms with Gasteiger partial charge in [-0.15, -0.1) is 0 Å². The predicted molar refractivity (Wildman–Crippen MR) is 162 cm³/mol. The SMILES string of the molecule is Fc1ccc(-c2cccc3c2Sc2ccccc2C32c3ccccc3-n3c4ccccc4c4cccc2c43)cc1. The highest BCUT2D eigenvalue weighted by atomic mass is 32.2. The zero-order chi connectivity index (χ0) is 26.4. The lowest BCUT2D eigenvalue weighted by atomic mass is 9.62. The van der Waals surface area contributed by atoms with Crippen LogP contribution < -0.4 is 0 Å². The fourth-order valence-electron chi connectivity index (χ4n) is 7.20. The van der Waals surface area contributed by atoms with E-state index in [1.54, 1.807) is 12.1 Å². The Balaban J connectivity index is 1.51. The van der Waals surface area contributed by atoms with Gasteiger partial charge in [-0.05, 0) is 63.7 Å². The van der Waals surface area contributed by atoms with Crippen molar-refractivity contribution in [3.05, 3.63) is 162 Å². The van der Waals surface area contributed by atoms with E-state index in [9.17, 15) is 4.39 Å². The van der Waals surface area contributed by atoms with Crippen LogP contribution in [0.15, 0.2) is 143 Å². The molecule has 9 rings (SSSR count). The summed E-state index contributed by atoms with van der Waals surface area (Å²) in [7, 11) is 0. The molecule has 1 unspecified atom stereocenters. The second-order valence-corrected chi connectivity index (χ2v) is 11.7. The molecule has 0 N–H and O–H groups in total. The monoisotopic (exact) mass is 531 g/mol. The Morgan fingerprint density at radius 3 is 2.12 bits per heavy atom. The number of hydrogen-bond donors (Lipinski definition) is 0. The Labute approximate surface area is 235 Å². The molecule has 0 radical (unpaired) electrons. The van der Waals surface area contributed by atoms with E-state index in [0.29, 0.717) is 0 Å². The molecular weight excluding hydrogens is 509 g/mol. The summed E-state index contributed by atoms with van der Waals surface area (Å²) in [6.07, 6.45) is 0. The van der Waals surface area contributed by atoms with Crippen molar-refractivity contribution in [3.8, 4) is 16.8 Å². The van der Waals surface area contributed by atoms with E-state index >= 15 is 0 Å². The molecule has 2 aliphatic rings. The topological polar surface area (TPSA) is 4.93 Å². The van der Waals surface area contributed by atoms with Crippen LogP contribution in [0.5, 0.6) is 0 Å². The van der Waals surface area contributed by atoms with Gasteiger partial charge in [0, 0.05) is 20.6 Å². The molecule has 3 heteroatoms. The highest BCUT2D eigenvalue weighted by Crippen LogP contribution is 2.61. The average molecular weight is 532 g/mol. The summed E-state index contributed by atoms with van der Waals surface area (Å²) < 4.78 is 16.4. The second-order valence-electron chi connectivity index (χ2n) is 10.6. The lowest BCUT2D eigenvalue weighted by molar-refractivity contribution is 0.628. The van der Waals surface area contributed by atoms with E-state index in [2.05, 4.69) is 114 Å². The second kappa shape index (κ2) is 7.97. The van der Waals surface area contributed by atoms with E-state index < -0.39 is 5.41 Å². The first-order chi connectivity index (χ1) is 19.8. The predicted octanol–water partition coefficient (Wildman–Crippen LogP) is 9.75. The number of rotatable bonds is 1. The van der Waals surface area contributed by atoms with E-state index in [-0.39, 0.29) is 5.82 Å². The van der Waals surface area contributed by atoms with Crippen LogP contribution in [0.2, 0.25) is 0 Å². The Bertz CT molecular complexity index is 2160. The maximum atomic E-state index is 13.9. The summed E-state index contributed by atoms with van der Waals surface area (Å²) in [6.45, 7) is 0. The molecule has 0 aliphatic carbocycles. The van der Waals surface area contributed by atoms with E-state index in [1.165, 1.54) is 59.5 Å². The highest BCUT2D eigenvalue weighted by molar-refractivity contribution is 7.99. The van der Waals surface area contributed by atoms with Gasteiger partial charge in [-0.2, -0.15) is 0 Å². The van der Waals surface area contributed by atoms with Crippen molar-refractivity contribution < 1.29 is 4.39 Å². The molecule has 2 aliphatic heterocycles. The van der Waals surface area contributed by atoms with Crippen molar-refractivity contribution in [3.63, 3.8) is 0 Å². The fraction of sp³-hybridized carbons (Fsp3) is 0.0270. The van der Waals surface area contributed by atoms with Crippen molar-refractivity contribution in [1.29, 1.82) is 0 Å². The molecular formula is C37H22FNS. The zero-order valence-electron chi connectivity index (χ0n) is 21.4. The lowest BCUT2D eigenvalue weighted by Gasteiger charge is -2.45. The summed E-state index contributed by atoms with van der Waals surface area (Å²) in [5.41, 5.74) is 10.5. The minimum Gasteiger partial charge on any atom is -0.309 e. The first-order valence-corrected chi connectivity index (χ1v) is 14.4. The zero-order valence-corrected chi connectivity index (χ0v) is 22.3. The Hall–Kier alpha value is -4.60. The van der Waals surface area contributed by atoms with Crippen LogP contribution in [0.25, 0.3) is 38.6 Å². The van der Waals surface area contributed by atoms with E-state index in [4.69, 9.17) is 0 Å².